The van der Waals surface area contributed by atoms with E-state index in [4.69, 9.17) is 0 Å². The van der Waals surface area contributed by atoms with Crippen molar-refractivity contribution >= 4 is 17.5 Å². The van der Waals surface area contributed by atoms with E-state index in [1.807, 2.05) is 23.1 Å². The number of alkyl halides is 3. The number of imide groups is 1. The Morgan fingerprint density at radius 3 is 2.26 bits per heavy atom. The molecule has 2 heterocycles. The number of carbonyl (C=O) groups excluding carboxylic acids is 2. The lowest BCUT2D eigenvalue weighted by atomic mass is 10.0. The average Bonchev–Trinajstić information content (AvgIpc) is 3.33. The predicted octanol–water partition coefficient (Wildman–Crippen LogP) is 5.57. The summed E-state index contributed by atoms with van der Waals surface area (Å²) in [4.78, 5) is 31.3. The van der Waals surface area contributed by atoms with Crippen molar-refractivity contribution in [3.8, 4) is 0 Å². The number of benzene rings is 3. The van der Waals surface area contributed by atoms with E-state index in [0.717, 1.165) is 37.7 Å². The van der Waals surface area contributed by atoms with E-state index < -0.39 is 11.7 Å². The Balaban J connectivity index is 1.15. The number of hydrogen-bond acceptors (Lipinski definition) is 4. The number of halogens is 3. The lowest BCUT2D eigenvalue weighted by molar-refractivity contribution is -0.137. The predicted molar refractivity (Wildman–Crippen MR) is 140 cm³/mol. The summed E-state index contributed by atoms with van der Waals surface area (Å²) in [7, 11) is 0. The Morgan fingerprint density at radius 1 is 0.868 bits per heavy atom. The maximum atomic E-state index is 13.1. The van der Waals surface area contributed by atoms with Gasteiger partial charge < -0.3 is 4.90 Å². The van der Waals surface area contributed by atoms with E-state index in [1.165, 1.54) is 22.6 Å². The number of amides is 2. The Bertz CT molecular complexity index is 1270. The SMILES string of the molecule is O=C1CCC(c2ccc(CCN3CCN(c4cccc(C(F)(F)F)c4)CC3)cc2)N1C(=O)c1ccccc1. The van der Waals surface area contributed by atoms with Gasteiger partial charge in [0.15, 0.2) is 0 Å². The minimum atomic E-state index is -4.34. The molecule has 2 saturated heterocycles. The van der Waals surface area contributed by atoms with Crippen molar-refractivity contribution in [2.45, 2.75) is 31.5 Å². The van der Waals surface area contributed by atoms with Crippen LogP contribution < -0.4 is 4.90 Å². The molecule has 5 nitrogen and oxygen atoms in total. The van der Waals surface area contributed by atoms with E-state index in [2.05, 4.69) is 17.0 Å². The highest BCUT2D eigenvalue weighted by molar-refractivity contribution is 6.06. The maximum absolute atomic E-state index is 13.1. The average molecular weight is 522 g/mol. The molecule has 2 fully saturated rings. The van der Waals surface area contributed by atoms with Crippen molar-refractivity contribution in [3.63, 3.8) is 0 Å². The molecule has 3 aromatic carbocycles. The Labute approximate surface area is 220 Å². The van der Waals surface area contributed by atoms with Gasteiger partial charge in [-0.15, -0.1) is 0 Å². The van der Waals surface area contributed by atoms with E-state index in [0.29, 0.717) is 37.2 Å². The van der Waals surface area contributed by atoms with Crippen LogP contribution in [0.5, 0.6) is 0 Å². The second-order valence-electron chi connectivity index (χ2n) is 9.86. The van der Waals surface area contributed by atoms with Crippen LogP contribution in [0, 0.1) is 0 Å². The molecule has 0 saturated carbocycles. The first-order valence-corrected chi connectivity index (χ1v) is 12.9. The zero-order chi connectivity index (χ0) is 26.7. The number of nitrogens with zero attached hydrogens (tertiary/aromatic N) is 3. The van der Waals surface area contributed by atoms with Crippen LogP contribution in [0.4, 0.5) is 18.9 Å². The molecule has 0 bridgehead atoms. The van der Waals surface area contributed by atoms with Crippen molar-refractivity contribution < 1.29 is 22.8 Å². The Kier molecular flexibility index (Phi) is 7.51. The van der Waals surface area contributed by atoms with Gasteiger partial charge in [-0.3, -0.25) is 19.4 Å². The van der Waals surface area contributed by atoms with Crippen LogP contribution in [0.3, 0.4) is 0 Å². The highest BCUT2D eigenvalue weighted by Gasteiger charge is 2.37. The smallest absolute Gasteiger partial charge is 0.369 e. The van der Waals surface area contributed by atoms with Gasteiger partial charge in [0.1, 0.15) is 0 Å². The molecular formula is C30H30F3N3O2. The molecule has 198 valence electrons. The molecule has 38 heavy (non-hydrogen) atoms. The third-order valence-corrected chi connectivity index (χ3v) is 7.44. The second-order valence-corrected chi connectivity index (χ2v) is 9.86. The molecule has 1 atom stereocenters. The topological polar surface area (TPSA) is 43.9 Å². The van der Waals surface area contributed by atoms with Gasteiger partial charge in [-0.1, -0.05) is 48.5 Å². The lowest BCUT2D eigenvalue weighted by Crippen LogP contribution is -2.47. The van der Waals surface area contributed by atoms with Gasteiger partial charge in [0, 0.05) is 50.4 Å². The van der Waals surface area contributed by atoms with Gasteiger partial charge in [0.05, 0.1) is 11.6 Å². The molecule has 2 amide bonds. The van der Waals surface area contributed by atoms with Crippen LogP contribution in [0.25, 0.3) is 0 Å². The number of rotatable bonds is 6. The van der Waals surface area contributed by atoms with Crippen LogP contribution in [0.2, 0.25) is 0 Å². The zero-order valence-corrected chi connectivity index (χ0v) is 21.0. The van der Waals surface area contributed by atoms with E-state index in [9.17, 15) is 22.8 Å². The fourth-order valence-electron chi connectivity index (χ4n) is 5.28. The molecule has 2 aliphatic heterocycles. The summed E-state index contributed by atoms with van der Waals surface area (Å²) < 4.78 is 39.2. The summed E-state index contributed by atoms with van der Waals surface area (Å²) in [6, 6.07) is 22.3. The molecule has 0 N–H and O–H groups in total. The van der Waals surface area contributed by atoms with Gasteiger partial charge in [-0.2, -0.15) is 13.2 Å². The number of likely N-dealkylation sites (tertiary alicyclic amines) is 1. The van der Waals surface area contributed by atoms with Crippen LogP contribution >= 0.6 is 0 Å². The molecule has 0 spiro atoms. The second kappa shape index (κ2) is 11.0. The third kappa shape index (κ3) is 5.75. The van der Waals surface area contributed by atoms with Crippen LogP contribution in [-0.4, -0.2) is 54.3 Å². The highest BCUT2D eigenvalue weighted by atomic mass is 19.4. The van der Waals surface area contributed by atoms with E-state index >= 15 is 0 Å². The van der Waals surface area contributed by atoms with Gasteiger partial charge in [0.25, 0.3) is 5.91 Å². The summed E-state index contributed by atoms with van der Waals surface area (Å²) in [5, 5.41) is 0. The normalized spacial score (nSPS) is 18.7. The van der Waals surface area contributed by atoms with Gasteiger partial charge >= 0.3 is 6.18 Å². The molecular weight excluding hydrogens is 491 g/mol. The summed E-state index contributed by atoms with van der Waals surface area (Å²) in [5.41, 5.74) is 2.63. The van der Waals surface area contributed by atoms with Crippen molar-refractivity contribution in [3.05, 3.63) is 101 Å². The van der Waals surface area contributed by atoms with Crippen molar-refractivity contribution in [2.24, 2.45) is 0 Å². The molecule has 2 aliphatic rings. The third-order valence-electron chi connectivity index (χ3n) is 7.44. The minimum Gasteiger partial charge on any atom is -0.369 e. The lowest BCUT2D eigenvalue weighted by Gasteiger charge is -2.36. The summed E-state index contributed by atoms with van der Waals surface area (Å²) in [5.74, 6) is -0.399. The molecule has 3 aromatic rings. The largest absolute Gasteiger partial charge is 0.416 e. The summed E-state index contributed by atoms with van der Waals surface area (Å²) >= 11 is 0. The number of piperazine rings is 1. The molecule has 0 aliphatic carbocycles. The first kappa shape index (κ1) is 26.0. The fourth-order valence-corrected chi connectivity index (χ4v) is 5.28. The Hall–Kier alpha value is -3.65. The molecule has 1 unspecified atom stereocenters. The van der Waals surface area contributed by atoms with Crippen LogP contribution in [0.1, 0.15) is 45.9 Å². The quantitative estimate of drug-likeness (QED) is 0.398. The molecule has 5 rings (SSSR count). The number of carbonyl (C=O) groups is 2. The fraction of sp³-hybridized carbons (Fsp3) is 0.333. The zero-order valence-electron chi connectivity index (χ0n) is 21.0. The first-order chi connectivity index (χ1) is 18.3. The first-order valence-electron chi connectivity index (χ1n) is 12.9. The molecule has 0 aromatic heterocycles. The maximum Gasteiger partial charge on any atom is 0.416 e. The van der Waals surface area contributed by atoms with E-state index in [1.54, 1.807) is 30.3 Å². The van der Waals surface area contributed by atoms with Gasteiger partial charge in [0.2, 0.25) is 5.91 Å². The minimum absolute atomic E-state index is 0.141. The summed E-state index contributed by atoms with van der Waals surface area (Å²) in [6.45, 7) is 3.79. The standard InChI is InChI=1S/C30H30F3N3O2/c31-30(32,33)25-7-4-8-26(21-25)35-19-17-34(18-20-35)16-15-22-9-11-23(12-10-22)27-13-14-28(37)36(27)29(38)24-5-2-1-3-6-24/h1-12,21,27H,13-20H2. The van der Waals surface area contributed by atoms with Gasteiger partial charge in [-0.05, 0) is 54.3 Å². The number of anilines is 1. The Morgan fingerprint density at radius 2 is 1.58 bits per heavy atom. The van der Waals surface area contributed by atoms with Crippen molar-refractivity contribution in [1.82, 2.24) is 9.80 Å². The van der Waals surface area contributed by atoms with Gasteiger partial charge in [-0.25, -0.2) is 0 Å². The van der Waals surface area contributed by atoms with Crippen molar-refractivity contribution in [1.29, 1.82) is 0 Å². The monoisotopic (exact) mass is 521 g/mol. The van der Waals surface area contributed by atoms with Crippen LogP contribution in [0.15, 0.2) is 78.9 Å². The summed E-state index contributed by atoms with van der Waals surface area (Å²) in [6.07, 6.45) is -2.51. The van der Waals surface area contributed by atoms with Crippen LogP contribution in [-0.2, 0) is 17.4 Å². The highest BCUT2D eigenvalue weighted by Crippen LogP contribution is 2.34. The van der Waals surface area contributed by atoms with E-state index in [-0.39, 0.29) is 17.9 Å². The molecule has 8 heteroatoms. The number of hydrogen-bond donors (Lipinski definition) is 0. The van der Waals surface area contributed by atoms with Crippen molar-refractivity contribution in [2.75, 3.05) is 37.6 Å². The molecule has 0 radical (unpaired) electrons.